The Morgan fingerprint density at radius 1 is 1.15 bits per heavy atom. The van der Waals surface area contributed by atoms with E-state index in [2.05, 4.69) is 15.0 Å². The van der Waals surface area contributed by atoms with Crippen molar-refractivity contribution in [1.82, 2.24) is 4.98 Å². The van der Waals surface area contributed by atoms with Gasteiger partial charge < -0.3 is 10.4 Å². The lowest BCUT2D eigenvalue weighted by molar-refractivity contribution is 0.253. The Morgan fingerprint density at radius 2 is 1.92 bits per heavy atom. The van der Waals surface area contributed by atoms with Gasteiger partial charge in [-0.2, -0.15) is 0 Å². The van der Waals surface area contributed by atoms with E-state index in [1.165, 1.54) is 18.3 Å². The van der Waals surface area contributed by atoms with E-state index in [0.717, 1.165) is 37.5 Å². The summed E-state index contributed by atoms with van der Waals surface area (Å²) in [6, 6.07) is 5.67. The van der Waals surface area contributed by atoms with Gasteiger partial charge in [0.1, 0.15) is 10.7 Å². The first-order chi connectivity index (χ1) is 12.3. The molecule has 1 aromatic heterocycles. The fraction of sp³-hybridized carbons (Fsp3) is 0.353. The van der Waals surface area contributed by atoms with Gasteiger partial charge >= 0.3 is 0 Å². The number of hydrogen-bond donors (Lipinski definition) is 3. The van der Waals surface area contributed by atoms with Gasteiger partial charge in [-0.25, -0.2) is 22.2 Å². The largest absolute Gasteiger partial charge is 0.396 e. The standard InChI is InChI=1S/C17H19F2N3O3S/c18-14-3-1-12(9-15(14)19)22-26(24,25)13-2-4-16(20-10-13)21-11-17(5-6-17)7-8-23/h1-4,9-10,22-23H,5-8,11H2,(H,20,21). The fourth-order valence-electron chi connectivity index (χ4n) is 2.62. The molecule has 1 aliphatic rings. The lowest BCUT2D eigenvalue weighted by Gasteiger charge is -2.15. The SMILES string of the molecule is O=S(=O)(Nc1ccc(F)c(F)c1)c1ccc(NCC2(CCO)CC2)nc1. The lowest BCUT2D eigenvalue weighted by Crippen LogP contribution is -2.18. The number of rotatable bonds is 8. The van der Waals surface area contributed by atoms with Gasteiger partial charge in [0.2, 0.25) is 0 Å². The highest BCUT2D eigenvalue weighted by Crippen LogP contribution is 2.48. The molecule has 1 aliphatic carbocycles. The second-order valence-corrected chi connectivity index (χ2v) is 8.12. The molecule has 9 heteroatoms. The molecule has 0 aliphatic heterocycles. The minimum atomic E-state index is -3.96. The third-order valence-corrected chi connectivity index (χ3v) is 5.83. The average molecular weight is 383 g/mol. The van der Waals surface area contributed by atoms with Crippen molar-refractivity contribution in [3.8, 4) is 0 Å². The normalized spacial score (nSPS) is 15.5. The van der Waals surface area contributed by atoms with Crippen molar-refractivity contribution in [2.45, 2.75) is 24.2 Å². The average Bonchev–Trinajstić information content (AvgIpc) is 3.37. The molecule has 1 fully saturated rings. The molecule has 0 saturated heterocycles. The number of aliphatic hydroxyl groups excluding tert-OH is 1. The summed E-state index contributed by atoms with van der Waals surface area (Å²) in [6.07, 6.45) is 4.01. The van der Waals surface area contributed by atoms with Gasteiger partial charge in [-0.1, -0.05) is 0 Å². The Morgan fingerprint density at radius 3 is 2.50 bits per heavy atom. The highest BCUT2D eigenvalue weighted by atomic mass is 32.2. The number of aromatic nitrogens is 1. The van der Waals surface area contributed by atoms with E-state index in [1.807, 2.05) is 0 Å². The summed E-state index contributed by atoms with van der Waals surface area (Å²) >= 11 is 0. The number of nitrogens with zero attached hydrogens (tertiary/aromatic N) is 1. The van der Waals surface area contributed by atoms with Crippen molar-refractivity contribution >= 4 is 21.5 Å². The molecule has 3 rings (SSSR count). The molecular formula is C17H19F2N3O3S. The zero-order chi connectivity index (χ0) is 18.8. The number of anilines is 2. The first kappa shape index (κ1) is 18.5. The fourth-order valence-corrected chi connectivity index (χ4v) is 3.62. The maximum absolute atomic E-state index is 13.2. The van der Waals surface area contributed by atoms with Crippen LogP contribution in [0.3, 0.4) is 0 Å². The Kier molecular flexibility index (Phi) is 5.10. The monoisotopic (exact) mass is 383 g/mol. The van der Waals surface area contributed by atoms with Crippen LogP contribution >= 0.6 is 0 Å². The van der Waals surface area contributed by atoms with Crippen LogP contribution < -0.4 is 10.0 Å². The second kappa shape index (κ2) is 7.16. The number of aliphatic hydroxyl groups is 1. The minimum Gasteiger partial charge on any atom is -0.396 e. The summed E-state index contributed by atoms with van der Waals surface area (Å²) in [5, 5.41) is 12.2. The summed E-state index contributed by atoms with van der Waals surface area (Å²) in [5.41, 5.74) is 0.0286. The van der Waals surface area contributed by atoms with Gasteiger partial charge in [0.05, 0.1) is 5.69 Å². The molecule has 0 spiro atoms. The number of halogens is 2. The minimum absolute atomic E-state index is 0.0780. The van der Waals surface area contributed by atoms with E-state index in [-0.39, 0.29) is 22.6 Å². The Labute approximate surface area is 150 Å². The van der Waals surface area contributed by atoms with Crippen LogP contribution in [0.15, 0.2) is 41.4 Å². The zero-order valence-corrected chi connectivity index (χ0v) is 14.7. The smallest absolute Gasteiger partial charge is 0.263 e. The van der Waals surface area contributed by atoms with Crippen molar-refractivity contribution in [2.24, 2.45) is 5.41 Å². The number of hydrogen-bond acceptors (Lipinski definition) is 5. The van der Waals surface area contributed by atoms with E-state index in [9.17, 15) is 17.2 Å². The molecule has 0 atom stereocenters. The van der Waals surface area contributed by atoms with Crippen molar-refractivity contribution in [3.63, 3.8) is 0 Å². The van der Waals surface area contributed by atoms with Crippen LogP contribution in [-0.2, 0) is 10.0 Å². The number of sulfonamides is 1. The number of nitrogens with one attached hydrogen (secondary N) is 2. The summed E-state index contributed by atoms with van der Waals surface area (Å²) in [6.45, 7) is 0.807. The van der Waals surface area contributed by atoms with Gasteiger partial charge in [0, 0.05) is 25.4 Å². The molecule has 2 aromatic rings. The van der Waals surface area contributed by atoms with E-state index < -0.39 is 21.7 Å². The van der Waals surface area contributed by atoms with Crippen molar-refractivity contribution in [3.05, 3.63) is 48.2 Å². The molecule has 26 heavy (non-hydrogen) atoms. The molecule has 6 nitrogen and oxygen atoms in total. The van der Waals surface area contributed by atoms with Crippen LogP contribution in [0, 0.1) is 17.0 Å². The van der Waals surface area contributed by atoms with Crippen LogP contribution in [0.1, 0.15) is 19.3 Å². The topological polar surface area (TPSA) is 91.3 Å². The van der Waals surface area contributed by atoms with Crippen molar-refractivity contribution < 1.29 is 22.3 Å². The summed E-state index contributed by atoms with van der Waals surface area (Å²) < 4.78 is 52.9. The van der Waals surface area contributed by atoms with E-state index in [1.54, 1.807) is 0 Å². The Hall–Kier alpha value is -2.26. The molecular weight excluding hydrogens is 364 g/mol. The third kappa shape index (κ3) is 4.28. The summed E-state index contributed by atoms with van der Waals surface area (Å²) in [5.74, 6) is -1.67. The van der Waals surface area contributed by atoms with Gasteiger partial charge in [0.15, 0.2) is 11.6 Å². The highest BCUT2D eigenvalue weighted by Gasteiger charge is 2.41. The van der Waals surface area contributed by atoms with Crippen LogP contribution in [0.25, 0.3) is 0 Å². The molecule has 140 valence electrons. The first-order valence-electron chi connectivity index (χ1n) is 8.12. The van der Waals surface area contributed by atoms with Gasteiger partial charge in [0.25, 0.3) is 10.0 Å². The zero-order valence-electron chi connectivity index (χ0n) is 13.9. The summed E-state index contributed by atoms with van der Waals surface area (Å²) in [7, 11) is -3.96. The number of benzene rings is 1. The third-order valence-electron chi connectivity index (χ3n) is 4.46. The maximum Gasteiger partial charge on any atom is 0.263 e. The van der Waals surface area contributed by atoms with Gasteiger partial charge in [-0.15, -0.1) is 0 Å². The maximum atomic E-state index is 13.2. The van der Waals surface area contributed by atoms with Crippen LogP contribution in [0.2, 0.25) is 0 Å². The lowest BCUT2D eigenvalue weighted by atomic mass is 10.0. The van der Waals surface area contributed by atoms with Crippen LogP contribution in [-0.4, -0.2) is 31.7 Å². The predicted molar refractivity (Wildman–Crippen MR) is 93.3 cm³/mol. The van der Waals surface area contributed by atoms with Gasteiger partial charge in [-0.3, -0.25) is 4.72 Å². The molecule has 0 radical (unpaired) electrons. The molecule has 1 heterocycles. The molecule has 0 bridgehead atoms. The predicted octanol–water partition coefficient (Wildman–Crippen LogP) is 2.74. The van der Waals surface area contributed by atoms with Crippen LogP contribution in [0.4, 0.5) is 20.3 Å². The summed E-state index contributed by atoms with van der Waals surface area (Å²) in [4.78, 5) is 3.99. The molecule has 3 N–H and O–H groups in total. The van der Waals surface area contributed by atoms with Crippen molar-refractivity contribution in [1.29, 1.82) is 0 Å². The molecule has 1 saturated carbocycles. The van der Waals surface area contributed by atoms with Gasteiger partial charge in [-0.05, 0) is 48.9 Å². The number of pyridine rings is 1. The second-order valence-electron chi connectivity index (χ2n) is 6.44. The molecule has 1 aromatic carbocycles. The van der Waals surface area contributed by atoms with E-state index in [4.69, 9.17) is 5.11 Å². The first-order valence-corrected chi connectivity index (χ1v) is 9.61. The highest BCUT2D eigenvalue weighted by molar-refractivity contribution is 7.92. The Bertz CT molecular complexity index is 885. The molecule has 0 unspecified atom stereocenters. The van der Waals surface area contributed by atoms with E-state index in [0.29, 0.717) is 12.4 Å². The van der Waals surface area contributed by atoms with Crippen LogP contribution in [0.5, 0.6) is 0 Å². The van der Waals surface area contributed by atoms with Crippen molar-refractivity contribution in [2.75, 3.05) is 23.2 Å². The Balaban J connectivity index is 1.65. The molecule has 0 amide bonds. The quantitative estimate of drug-likeness (QED) is 0.652. The van der Waals surface area contributed by atoms with E-state index >= 15 is 0 Å².